The minimum Gasteiger partial charge on any atom is -0.497 e. The van der Waals surface area contributed by atoms with E-state index in [1.807, 2.05) is 36.4 Å². The first kappa shape index (κ1) is 19.7. The summed E-state index contributed by atoms with van der Waals surface area (Å²) in [4.78, 5) is 38.7. The van der Waals surface area contributed by atoms with Gasteiger partial charge in [-0.25, -0.2) is 0 Å². The zero-order valence-corrected chi connectivity index (χ0v) is 16.9. The van der Waals surface area contributed by atoms with E-state index in [0.29, 0.717) is 11.4 Å². The van der Waals surface area contributed by atoms with Crippen molar-refractivity contribution in [2.45, 2.75) is 0 Å². The predicted molar refractivity (Wildman–Crippen MR) is 118 cm³/mol. The second-order valence-electron chi connectivity index (χ2n) is 6.62. The largest absolute Gasteiger partial charge is 0.497 e. The fourth-order valence-corrected chi connectivity index (χ4v) is 3.99. The molecule has 4 rings (SSSR count). The zero-order valence-electron chi connectivity index (χ0n) is 16.1. The van der Waals surface area contributed by atoms with Crippen molar-refractivity contribution in [1.29, 1.82) is 0 Å². The van der Waals surface area contributed by atoms with Gasteiger partial charge in [0.25, 0.3) is 11.1 Å². The van der Waals surface area contributed by atoms with Crippen molar-refractivity contribution in [2.75, 3.05) is 19.0 Å². The van der Waals surface area contributed by atoms with Crippen LogP contribution < -0.4 is 10.1 Å². The lowest BCUT2D eigenvalue weighted by molar-refractivity contribution is -0.127. The topological polar surface area (TPSA) is 75.7 Å². The molecule has 0 aromatic heterocycles. The Morgan fingerprint density at radius 2 is 1.77 bits per heavy atom. The maximum atomic E-state index is 12.7. The molecule has 30 heavy (non-hydrogen) atoms. The van der Waals surface area contributed by atoms with Crippen molar-refractivity contribution in [3.63, 3.8) is 0 Å². The first-order valence-electron chi connectivity index (χ1n) is 9.22. The van der Waals surface area contributed by atoms with Crippen LogP contribution >= 0.6 is 11.8 Å². The van der Waals surface area contributed by atoms with E-state index in [-0.39, 0.29) is 11.4 Å². The minimum absolute atomic E-state index is 0.281. The zero-order chi connectivity index (χ0) is 21.1. The molecule has 1 heterocycles. The molecule has 3 aromatic rings. The molecule has 0 spiro atoms. The summed E-state index contributed by atoms with van der Waals surface area (Å²) in [7, 11) is 1.57. The van der Waals surface area contributed by atoms with Crippen LogP contribution in [0.1, 0.15) is 5.56 Å². The predicted octanol–water partition coefficient (Wildman–Crippen LogP) is 4.52. The highest BCUT2D eigenvalue weighted by Gasteiger charge is 2.36. The van der Waals surface area contributed by atoms with Gasteiger partial charge >= 0.3 is 0 Å². The number of thioether (sulfide) groups is 1. The van der Waals surface area contributed by atoms with Gasteiger partial charge in [0, 0.05) is 11.1 Å². The van der Waals surface area contributed by atoms with Crippen LogP contribution in [0.25, 0.3) is 16.8 Å². The number of anilines is 1. The molecule has 7 heteroatoms. The van der Waals surface area contributed by atoms with E-state index in [1.165, 1.54) is 0 Å². The second-order valence-corrected chi connectivity index (χ2v) is 7.61. The normalized spacial score (nSPS) is 15.1. The number of methoxy groups -OCH3 is 1. The lowest BCUT2D eigenvalue weighted by Crippen LogP contribution is -2.36. The minimum atomic E-state index is -0.478. The molecule has 1 N–H and O–H groups in total. The Balaban J connectivity index is 1.47. The van der Waals surface area contributed by atoms with Crippen molar-refractivity contribution in [3.8, 4) is 5.75 Å². The fourth-order valence-electron chi connectivity index (χ4n) is 3.16. The molecule has 0 unspecified atom stereocenters. The van der Waals surface area contributed by atoms with Gasteiger partial charge in [0.05, 0.1) is 12.0 Å². The Morgan fingerprint density at radius 3 is 2.53 bits per heavy atom. The number of fused-ring (bicyclic) bond motifs is 1. The van der Waals surface area contributed by atoms with Gasteiger partial charge in [0.1, 0.15) is 12.3 Å². The Labute approximate surface area is 177 Å². The quantitative estimate of drug-likeness (QED) is 0.617. The van der Waals surface area contributed by atoms with E-state index < -0.39 is 17.1 Å². The van der Waals surface area contributed by atoms with Gasteiger partial charge in [-0.05, 0) is 47.0 Å². The lowest BCUT2D eigenvalue weighted by atomic mass is 10.1. The monoisotopic (exact) mass is 418 g/mol. The average Bonchev–Trinajstić information content (AvgIpc) is 3.02. The van der Waals surface area contributed by atoms with Crippen LogP contribution in [-0.4, -0.2) is 35.6 Å². The van der Waals surface area contributed by atoms with Gasteiger partial charge in [-0.3, -0.25) is 19.3 Å². The van der Waals surface area contributed by atoms with Gasteiger partial charge < -0.3 is 10.1 Å². The number of imide groups is 1. The van der Waals surface area contributed by atoms with Gasteiger partial charge in [-0.15, -0.1) is 0 Å². The molecule has 0 aliphatic carbocycles. The van der Waals surface area contributed by atoms with Crippen molar-refractivity contribution in [1.82, 2.24) is 4.90 Å². The average molecular weight is 418 g/mol. The number of amides is 3. The van der Waals surface area contributed by atoms with Crippen LogP contribution in [0.3, 0.4) is 0 Å². The third-order valence-electron chi connectivity index (χ3n) is 4.65. The molecule has 3 aromatic carbocycles. The number of hydrogen-bond acceptors (Lipinski definition) is 5. The summed E-state index contributed by atoms with van der Waals surface area (Å²) in [5, 5.41) is 4.22. The summed E-state index contributed by atoms with van der Waals surface area (Å²) in [6, 6.07) is 20.4. The molecular weight excluding hydrogens is 400 g/mol. The molecule has 1 aliphatic heterocycles. The van der Waals surface area contributed by atoms with Crippen molar-refractivity contribution >= 4 is 51.4 Å². The van der Waals surface area contributed by atoms with Crippen molar-refractivity contribution < 1.29 is 19.1 Å². The highest BCUT2D eigenvalue weighted by atomic mass is 32.2. The van der Waals surface area contributed by atoms with Crippen LogP contribution in [0.2, 0.25) is 0 Å². The highest BCUT2D eigenvalue weighted by molar-refractivity contribution is 8.18. The van der Waals surface area contributed by atoms with Crippen LogP contribution in [0.15, 0.2) is 71.6 Å². The van der Waals surface area contributed by atoms with Crippen LogP contribution in [0.5, 0.6) is 5.75 Å². The molecule has 150 valence electrons. The van der Waals surface area contributed by atoms with Gasteiger partial charge in [-0.1, -0.05) is 48.5 Å². The molecule has 0 radical (unpaired) electrons. The number of ether oxygens (including phenoxy) is 1. The summed E-state index contributed by atoms with van der Waals surface area (Å²) in [5.41, 5.74) is 1.40. The summed E-state index contributed by atoms with van der Waals surface area (Å²) in [6.07, 6.45) is 1.63. The second kappa shape index (κ2) is 8.42. The fraction of sp³-hybridized carbons (Fsp3) is 0.0870. The number of nitrogens with zero attached hydrogens (tertiary/aromatic N) is 1. The summed E-state index contributed by atoms with van der Waals surface area (Å²) in [6.45, 7) is -0.339. The lowest BCUT2D eigenvalue weighted by Gasteiger charge is -2.13. The van der Waals surface area contributed by atoms with Gasteiger partial charge in [0.2, 0.25) is 5.91 Å². The first-order chi connectivity index (χ1) is 14.5. The molecule has 1 aliphatic rings. The van der Waals surface area contributed by atoms with Gasteiger partial charge in [-0.2, -0.15) is 0 Å². The Hall–Kier alpha value is -3.58. The summed E-state index contributed by atoms with van der Waals surface area (Å²) >= 11 is 0.825. The van der Waals surface area contributed by atoms with E-state index in [4.69, 9.17) is 4.74 Å². The molecular formula is C23H18N2O4S. The SMILES string of the molecule is COc1ccc(/C=C2/SC(=O)N(CC(=O)Nc3cccc4ccccc34)C2=O)cc1. The molecule has 0 bridgehead atoms. The highest BCUT2D eigenvalue weighted by Crippen LogP contribution is 2.32. The number of nitrogens with one attached hydrogen (secondary N) is 1. The van der Waals surface area contributed by atoms with E-state index >= 15 is 0 Å². The molecule has 1 fully saturated rings. The number of rotatable bonds is 5. The number of carbonyl (C=O) groups excluding carboxylic acids is 3. The molecule has 3 amide bonds. The van der Waals surface area contributed by atoms with Gasteiger partial charge in [0.15, 0.2) is 0 Å². The molecule has 0 atom stereocenters. The third-order valence-corrected chi connectivity index (χ3v) is 5.56. The summed E-state index contributed by atoms with van der Waals surface area (Å²) < 4.78 is 5.11. The number of carbonyl (C=O) groups is 3. The Morgan fingerprint density at radius 1 is 1.03 bits per heavy atom. The molecule has 6 nitrogen and oxygen atoms in total. The van der Waals surface area contributed by atoms with Crippen LogP contribution in [-0.2, 0) is 9.59 Å². The maximum absolute atomic E-state index is 12.7. The van der Waals surface area contributed by atoms with E-state index in [2.05, 4.69) is 5.32 Å². The van der Waals surface area contributed by atoms with Crippen molar-refractivity contribution in [3.05, 3.63) is 77.2 Å². The molecule has 1 saturated heterocycles. The standard InChI is InChI=1S/C23H18N2O4S/c1-29-17-11-9-15(10-12-17)13-20-22(27)25(23(28)30-20)14-21(26)24-19-8-4-6-16-5-2-3-7-18(16)19/h2-13H,14H2,1H3,(H,24,26)/b20-13+. The Bertz CT molecular complexity index is 1170. The van der Waals surface area contributed by atoms with E-state index in [1.54, 1.807) is 43.5 Å². The summed E-state index contributed by atoms with van der Waals surface area (Å²) in [5.74, 6) is -0.210. The van der Waals surface area contributed by atoms with E-state index in [0.717, 1.165) is 33.0 Å². The van der Waals surface area contributed by atoms with Crippen LogP contribution in [0, 0.1) is 0 Å². The third kappa shape index (κ3) is 4.06. The Kier molecular flexibility index (Phi) is 5.54. The molecule has 0 saturated carbocycles. The first-order valence-corrected chi connectivity index (χ1v) is 10.0. The van der Waals surface area contributed by atoms with Crippen LogP contribution in [0.4, 0.5) is 10.5 Å². The van der Waals surface area contributed by atoms with E-state index in [9.17, 15) is 14.4 Å². The van der Waals surface area contributed by atoms with Crippen molar-refractivity contribution in [2.24, 2.45) is 0 Å². The maximum Gasteiger partial charge on any atom is 0.294 e. The number of hydrogen-bond donors (Lipinski definition) is 1. The smallest absolute Gasteiger partial charge is 0.294 e. The number of benzene rings is 3.